The van der Waals surface area contributed by atoms with Crippen LogP contribution in [0.25, 0.3) is 21.9 Å². The number of imide groups is 1. The van der Waals surface area contributed by atoms with Crippen molar-refractivity contribution in [3.63, 3.8) is 0 Å². The van der Waals surface area contributed by atoms with Crippen LogP contribution < -0.4 is 10.3 Å². The van der Waals surface area contributed by atoms with E-state index in [9.17, 15) is 14.4 Å². The van der Waals surface area contributed by atoms with Gasteiger partial charge < -0.3 is 9.72 Å². The predicted molar refractivity (Wildman–Crippen MR) is 144 cm³/mol. The summed E-state index contributed by atoms with van der Waals surface area (Å²) < 4.78 is 6.69. The van der Waals surface area contributed by atoms with Crippen molar-refractivity contribution in [2.75, 3.05) is 7.11 Å². The summed E-state index contributed by atoms with van der Waals surface area (Å²) in [5, 5.41) is 5.70. The Morgan fingerprint density at radius 3 is 2.47 bits per heavy atom. The minimum atomic E-state index is -0.354. The number of aromatic amines is 1. The summed E-state index contributed by atoms with van der Waals surface area (Å²) in [6, 6.07) is 17.3. The van der Waals surface area contributed by atoms with Gasteiger partial charge >= 0.3 is 0 Å². The van der Waals surface area contributed by atoms with Crippen molar-refractivity contribution in [3.05, 3.63) is 104 Å². The standard InChI is InChI=1S/C28H20ClN5O4/c1-15-31-24-21-12-18(29)8-9-22(21)32-25(24)28(37)34(15)30-13-16-7-10-23(38-2)17(11-16)14-33-26(35)19-5-3-4-6-20(19)27(33)36/h3-13,32H,14H2,1-2H3/b30-13+. The first kappa shape index (κ1) is 23.6. The molecule has 1 aliphatic heterocycles. The maximum Gasteiger partial charge on any atom is 0.298 e. The molecule has 188 valence electrons. The Morgan fingerprint density at radius 2 is 1.76 bits per heavy atom. The highest BCUT2D eigenvalue weighted by atomic mass is 35.5. The van der Waals surface area contributed by atoms with E-state index >= 15 is 0 Å². The average Bonchev–Trinajstić information content (AvgIpc) is 3.39. The van der Waals surface area contributed by atoms with Crippen LogP contribution in [0.5, 0.6) is 5.75 Å². The summed E-state index contributed by atoms with van der Waals surface area (Å²) in [6.07, 6.45) is 1.52. The number of hydrogen-bond donors (Lipinski definition) is 1. The third kappa shape index (κ3) is 3.75. The van der Waals surface area contributed by atoms with E-state index in [-0.39, 0.29) is 23.9 Å². The van der Waals surface area contributed by atoms with Gasteiger partial charge in [0.1, 0.15) is 22.6 Å². The molecule has 0 aliphatic carbocycles. The SMILES string of the molecule is COc1ccc(/C=N/n2c(C)nc3c([nH]c4ccc(Cl)cc43)c2=O)cc1CN1C(=O)c2ccccc2C1=O. The number of fused-ring (bicyclic) bond motifs is 4. The average molecular weight is 526 g/mol. The number of methoxy groups -OCH3 is 1. The number of hydrogen-bond acceptors (Lipinski definition) is 6. The zero-order chi connectivity index (χ0) is 26.6. The molecule has 9 nitrogen and oxygen atoms in total. The molecule has 1 N–H and O–H groups in total. The van der Waals surface area contributed by atoms with Gasteiger partial charge in [-0.2, -0.15) is 9.78 Å². The summed E-state index contributed by atoms with van der Waals surface area (Å²) in [6.45, 7) is 1.73. The molecule has 0 unspecified atom stereocenters. The number of benzene rings is 3. The topological polar surface area (TPSA) is 110 Å². The molecule has 2 aromatic heterocycles. The number of carbonyl (C=O) groups is 2. The quantitative estimate of drug-likeness (QED) is 0.268. The summed E-state index contributed by atoms with van der Waals surface area (Å²) >= 11 is 6.13. The van der Waals surface area contributed by atoms with E-state index in [1.165, 1.54) is 22.9 Å². The van der Waals surface area contributed by atoms with Gasteiger partial charge in [0.25, 0.3) is 17.4 Å². The fourth-order valence-corrected chi connectivity index (χ4v) is 4.87. The normalized spacial score (nSPS) is 13.3. The molecule has 5 aromatic rings. The van der Waals surface area contributed by atoms with Crippen molar-refractivity contribution in [2.24, 2.45) is 5.10 Å². The van der Waals surface area contributed by atoms with Gasteiger partial charge in [0.05, 0.1) is 31.0 Å². The largest absolute Gasteiger partial charge is 0.496 e. The smallest absolute Gasteiger partial charge is 0.298 e. The minimum Gasteiger partial charge on any atom is -0.496 e. The number of amides is 2. The van der Waals surface area contributed by atoms with Crippen LogP contribution in [0.1, 0.15) is 37.7 Å². The Bertz CT molecular complexity index is 1850. The lowest BCUT2D eigenvalue weighted by molar-refractivity contribution is 0.0641. The van der Waals surface area contributed by atoms with E-state index in [0.29, 0.717) is 49.9 Å². The van der Waals surface area contributed by atoms with E-state index in [1.54, 1.807) is 67.6 Å². The minimum absolute atomic E-state index is 0.0291. The van der Waals surface area contributed by atoms with Crippen LogP contribution in [0.4, 0.5) is 0 Å². The van der Waals surface area contributed by atoms with Crippen molar-refractivity contribution in [2.45, 2.75) is 13.5 Å². The first-order valence-corrected chi connectivity index (χ1v) is 12.1. The molecule has 38 heavy (non-hydrogen) atoms. The number of nitrogens with zero attached hydrogens (tertiary/aromatic N) is 4. The molecule has 0 saturated carbocycles. The summed E-state index contributed by atoms with van der Waals surface area (Å²) in [4.78, 5) is 47.8. The van der Waals surface area contributed by atoms with Crippen LogP contribution >= 0.6 is 11.6 Å². The Hall–Kier alpha value is -4.76. The Morgan fingerprint density at radius 1 is 1.03 bits per heavy atom. The van der Waals surface area contributed by atoms with Gasteiger partial charge in [-0.1, -0.05) is 23.7 Å². The fraction of sp³-hybridized carbons (Fsp3) is 0.107. The van der Waals surface area contributed by atoms with Gasteiger partial charge in [0.2, 0.25) is 0 Å². The molecule has 0 atom stereocenters. The van der Waals surface area contributed by atoms with Gasteiger partial charge in [-0.15, -0.1) is 0 Å². The van der Waals surface area contributed by atoms with Crippen molar-refractivity contribution in [1.29, 1.82) is 0 Å². The summed E-state index contributed by atoms with van der Waals surface area (Å²) in [5.41, 5.74) is 3.29. The van der Waals surface area contributed by atoms with Gasteiger partial charge in [0, 0.05) is 21.5 Å². The van der Waals surface area contributed by atoms with Crippen LogP contribution in [0.15, 0.2) is 70.6 Å². The number of aryl methyl sites for hydroxylation is 1. The van der Waals surface area contributed by atoms with Gasteiger partial charge in [-0.25, -0.2) is 4.98 Å². The highest BCUT2D eigenvalue weighted by Gasteiger charge is 2.35. The van der Waals surface area contributed by atoms with Crippen molar-refractivity contribution in [3.8, 4) is 5.75 Å². The van der Waals surface area contributed by atoms with E-state index in [4.69, 9.17) is 16.3 Å². The van der Waals surface area contributed by atoms with E-state index in [2.05, 4.69) is 15.1 Å². The van der Waals surface area contributed by atoms with Crippen LogP contribution in [0.3, 0.4) is 0 Å². The first-order chi connectivity index (χ1) is 18.4. The van der Waals surface area contributed by atoms with Crippen molar-refractivity contribution >= 4 is 51.6 Å². The molecule has 0 radical (unpaired) electrons. The lowest BCUT2D eigenvalue weighted by atomic mass is 10.1. The number of ether oxygens (including phenoxy) is 1. The third-order valence-corrected chi connectivity index (χ3v) is 6.79. The van der Waals surface area contributed by atoms with E-state index in [0.717, 1.165) is 10.9 Å². The molecular weight excluding hydrogens is 506 g/mol. The van der Waals surface area contributed by atoms with Crippen LogP contribution in [0, 0.1) is 6.92 Å². The lowest BCUT2D eigenvalue weighted by Crippen LogP contribution is -2.29. The maximum absolute atomic E-state index is 13.2. The molecule has 6 rings (SSSR count). The van der Waals surface area contributed by atoms with E-state index in [1.807, 2.05) is 0 Å². The zero-order valence-electron chi connectivity index (χ0n) is 20.4. The molecule has 0 spiro atoms. The van der Waals surface area contributed by atoms with Gasteiger partial charge in [-0.05, 0) is 61.0 Å². The van der Waals surface area contributed by atoms with Crippen molar-refractivity contribution < 1.29 is 14.3 Å². The van der Waals surface area contributed by atoms with Crippen LogP contribution in [0.2, 0.25) is 5.02 Å². The Balaban J connectivity index is 1.35. The highest BCUT2D eigenvalue weighted by molar-refractivity contribution is 6.31. The second kappa shape index (κ2) is 8.97. The fourth-order valence-electron chi connectivity index (χ4n) is 4.70. The molecule has 1 aliphatic rings. The number of H-pyrrole nitrogens is 1. The molecule has 0 fully saturated rings. The number of carbonyl (C=O) groups excluding carboxylic acids is 2. The monoisotopic (exact) mass is 525 g/mol. The number of nitrogens with one attached hydrogen (secondary N) is 1. The Kier molecular flexibility index (Phi) is 5.57. The lowest BCUT2D eigenvalue weighted by Gasteiger charge is -2.16. The Labute approximate surface area is 220 Å². The number of rotatable bonds is 5. The third-order valence-electron chi connectivity index (χ3n) is 6.55. The number of halogens is 1. The molecule has 0 bridgehead atoms. The summed E-state index contributed by atoms with van der Waals surface area (Å²) in [5.74, 6) is 0.215. The zero-order valence-corrected chi connectivity index (χ0v) is 21.1. The van der Waals surface area contributed by atoms with E-state index < -0.39 is 0 Å². The molecule has 3 heterocycles. The maximum atomic E-state index is 13.2. The highest BCUT2D eigenvalue weighted by Crippen LogP contribution is 2.28. The second-order valence-electron chi connectivity index (χ2n) is 8.87. The molecule has 0 saturated heterocycles. The molecule has 3 aromatic carbocycles. The molecule has 2 amide bonds. The van der Waals surface area contributed by atoms with Gasteiger partial charge in [-0.3, -0.25) is 19.3 Å². The molecule has 10 heteroatoms. The summed E-state index contributed by atoms with van der Waals surface area (Å²) in [7, 11) is 1.52. The molecular formula is C28H20ClN5O4. The van der Waals surface area contributed by atoms with Gasteiger partial charge in [0.15, 0.2) is 0 Å². The van der Waals surface area contributed by atoms with Crippen LogP contribution in [-0.2, 0) is 6.54 Å². The number of aromatic nitrogens is 3. The van der Waals surface area contributed by atoms with Crippen LogP contribution in [-0.4, -0.2) is 44.7 Å². The first-order valence-electron chi connectivity index (χ1n) is 11.7. The predicted octanol–water partition coefficient (Wildman–Crippen LogP) is 4.53. The second-order valence-corrected chi connectivity index (χ2v) is 9.31. The van der Waals surface area contributed by atoms with Crippen molar-refractivity contribution in [1.82, 2.24) is 19.5 Å².